The van der Waals surface area contributed by atoms with E-state index >= 15 is 0 Å². The van der Waals surface area contributed by atoms with E-state index < -0.39 is 0 Å². The maximum Gasteiger partial charge on any atom is 0.169 e. The molecule has 98 valence electrons. The molecule has 1 heterocycles. The first kappa shape index (κ1) is 12.0. The lowest BCUT2D eigenvalue weighted by atomic mass is 9.76. The van der Waals surface area contributed by atoms with Gasteiger partial charge in [0, 0.05) is 18.8 Å². The topological polar surface area (TPSA) is 18.5 Å². The molecule has 3 fully saturated rings. The lowest BCUT2D eigenvalue weighted by molar-refractivity contribution is -0.351. The van der Waals surface area contributed by atoms with Crippen LogP contribution < -0.4 is 0 Å². The highest BCUT2D eigenvalue weighted by Crippen LogP contribution is 2.46. The molecule has 2 nitrogen and oxygen atoms in total. The molecule has 4 atom stereocenters. The van der Waals surface area contributed by atoms with Crippen molar-refractivity contribution in [3.8, 4) is 0 Å². The van der Waals surface area contributed by atoms with Gasteiger partial charge in [0.2, 0.25) is 0 Å². The molecule has 2 saturated carbocycles. The maximum atomic E-state index is 6.44. The fraction of sp³-hybridized carbons (Fsp3) is 1.00. The molecule has 0 amide bonds. The van der Waals surface area contributed by atoms with Crippen molar-refractivity contribution in [2.75, 3.05) is 0 Å². The molecule has 2 aliphatic carbocycles. The normalized spacial score (nSPS) is 45.5. The largest absolute Gasteiger partial charge is 0.347 e. The van der Waals surface area contributed by atoms with Gasteiger partial charge in [-0.1, -0.05) is 19.8 Å². The van der Waals surface area contributed by atoms with Crippen molar-refractivity contribution >= 4 is 0 Å². The quantitative estimate of drug-likeness (QED) is 0.637. The maximum absolute atomic E-state index is 6.44. The van der Waals surface area contributed by atoms with E-state index in [1.54, 1.807) is 0 Å². The minimum absolute atomic E-state index is 0.199. The van der Waals surface area contributed by atoms with Crippen molar-refractivity contribution in [1.82, 2.24) is 0 Å². The Balaban J connectivity index is 1.74. The van der Waals surface area contributed by atoms with Gasteiger partial charge in [0.25, 0.3) is 0 Å². The van der Waals surface area contributed by atoms with E-state index in [-0.39, 0.29) is 5.79 Å². The van der Waals surface area contributed by atoms with Crippen LogP contribution >= 0.6 is 0 Å². The number of hydrogen-bond acceptors (Lipinski definition) is 2. The second-order valence-corrected chi connectivity index (χ2v) is 6.53. The first-order chi connectivity index (χ1) is 8.19. The number of ether oxygens (including phenoxy) is 2. The van der Waals surface area contributed by atoms with Crippen molar-refractivity contribution in [2.45, 2.75) is 83.2 Å². The van der Waals surface area contributed by atoms with E-state index in [9.17, 15) is 0 Å². The Bertz CT molecular complexity index is 270. The fourth-order valence-corrected chi connectivity index (χ4v) is 4.08. The number of rotatable bonds is 0. The van der Waals surface area contributed by atoms with Crippen LogP contribution in [0.5, 0.6) is 0 Å². The molecule has 0 aromatic rings. The number of fused-ring (bicyclic) bond motifs is 1. The van der Waals surface area contributed by atoms with E-state index in [0.29, 0.717) is 18.1 Å². The Hall–Kier alpha value is -0.0800. The summed E-state index contributed by atoms with van der Waals surface area (Å²) in [5.41, 5.74) is 0. The van der Waals surface area contributed by atoms with Crippen LogP contribution in [0.2, 0.25) is 0 Å². The van der Waals surface area contributed by atoms with Gasteiger partial charge in [-0.05, 0) is 38.5 Å². The van der Waals surface area contributed by atoms with Gasteiger partial charge >= 0.3 is 0 Å². The van der Waals surface area contributed by atoms with Crippen LogP contribution in [0, 0.1) is 11.8 Å². The molecule has 3 aliphatic rings. The average molecular weight is 238 g/mol. The van der Waals surface area contributed by atoms with Gasteiger partial charge in [-0.3, -0.25) is 0 Å². The van der Waals surface area contributed by atoms with Crippen molar-refractivity contribution in [3.63, 3.8) is 0 Å². The van der Waals surface area contributed by atoms with Crippen molar-refractivity contribution in [1.29, 1.82) is 0 Å². The van der Waals surface area contributed by atoms with E-state index in [0.717, 1.165) is 18.8 Å². The lowest BCUT2D eigenvalue weighted by Crippen LogP contribution is -2.55. The standard InChI is InChI=1S/C15H26O2/c1-11-6-7-13-12(2)16-15(17-14(13)10-11)8-4-3-5-9-15/h11-14H,3-10H2,1-2H3/t11-,12?,13?,14?/m1/s1. The van der Waals surface area contributed by atoms with Gasteiger partial charge in [-0.25, -0.2) is 0 Å². The first-order valence-corrected chi connectivity index (χ1v) is 7.54. The van der Waals surface area contributed by atoms with Gasteiger partial charge in [0.1, 0.15) is 0 Å². The molecular formula is C15H26O2. The molecule has 0 aromatic heterocycles. The predicted octanol–water partition coefficient (Wildman–Crippen LogP) is 3.89. The van der Waals surface area contributed by atoms with Crippen LogP contribution in [0.4, 0.5) is 0 Å². The monoisotopic (exact) mass is 238 g/mol. The molecule has 0 radical (unpaired) electrons. The molecule has 3 rings (SSSR count). The second kappa shape index (κ2) is 4.55. The summed E-state index contributed by atoms with van der Waals surface area (Å²) >= 11 is 0. The molecule has 0 bridgehead atoms. The molecule has 1 saturated heterocycles. The van der Waals surface area contributed by atoms with E-state index in [4.69, 9.17) is 9.47 Å². The van der Waals surface area contributed by atoms with E-state index in [2.05, 4.69) is 13.8 Å². The second-order valence-electron chi connectivity index (χ2n) is 6.53. The Morgan fingerprint density at radius 1 is 0.941 bits per heavy atom. The van der Waals surface area contributed by atoms with Crippen LogP contribution in [-0.2, 0) is 9.47 Å². The predicted molar refractivity (Wildman–Crippen MR) is 67.7 cm³/mol. The summed E-state index contributed by atoms with van der Waals surface area (Å²) in [6.07, 6.45) is 10.9. The van der Waals surface area contributed by atoms with Crippen LogP contribution in [0.25, 0.3) is 0 Å². The third-order valence-electron chi connectivity index (χ3n) is 5.09. The van der Waals surface area contributed by atoms with Crippen molar-refractivity contribution in [3.05, 3.63) is 0 Å². The molecule has 17 heavy (non-hydrogen) atoms. The third kappa shape index (κ3) is 2.26. The van der Waals surface area contributed by atoms with Crippen LogP contribution in [0.15, 0.2) is 0 Å². The highest BCUT2D eigenvalue weighted by Gasteiger charge is 2.48. The van der Waals surface area contributed by atoms with E-state index in [1.807, 2.05) is 0 Å². The Morgan fingerprint density at radius 3 is 2.47 bits per heavy atom. The lowest BCUT2D eigenvalue weighted by Gasteiger charge is -2.52. The summed E-state index contributed by atoms with van der Waals surface area (Å²) in [6.45, 7) is 4.64. The van der Waals surface area contributed by atoms with Crippen LogP contribution in [0.3, 0.4) is 0 Å². The number of hydrogen-bond donors (Lipinski definition) is 0. The van der Waals surface area contributed by atoms with Gasteiger partial charge in [-0.15, -0.1) is 0 Å². The summed E-state index contributed by atoms with van der Waals surface area (Å²) in [7, 11) is 0. The zero-order valence-corrected chi connectivity index (χ0v) is 11.3. The zero-order chi connectivity index (χ0) is 11.9. The van der Waals surface area contributed by atoms with Gasteiger partial charge < -0.3 is 9.47 Å². The minimum Gasteiger partial charge on any atom is -0.347 e. The SMILES string of the molecule is CC1OC2(CCCCC2)OC2C[C@H](C)CCC12. The fourth-order valence-electron chi connectivity index (χ4n) is 4.08. The molecule has 2 heteroatoms. The average Bonchev–Trinajstić information content (AvgIpc) is 2.29. The Morgan fingerprint density at radius 2 is 1.71 bits per heavy atom. The molecule has 1 spiro atoms. The summed E-state index contributed by atoms with van der Waals surface area (Å²) in [4.78, 5) is 0. The minimum atomic E-state index is -0.199. The van der Waals surface area contributed by atoms with Crippen LogP contribution in [-0.4, -0.2) is 18.0 Å². The van der Waals surface area contributed by atoms with Gasteiger partial charge in [0.05, 0.1) is 12.2 Å². The summed E-state index contributed by atoms with van der Waals surface area (Å²) < 4.78 is 12.7. The third-order valence-corrected chi connectivity index (χ3v) is 5.09. The van der Waals surface area contributed by atoms with Gasteiger partial charge in [-0.2, -0.15) is 0 Å². The highest BCUT2D eigenvalue weighted by atomic mass is 16.7. The van der Waals surface area contributed by atoms with Crippen molar-refractivity contribution in [2.24, 2.45) is 11.8 Å². The molecule has 3 unspecified atom stereocenters. The Kier molecular flexibility index (Phi) is 3.20. The van der Waals surface area contributed by atoms with E-state index in [1.165, 1.54) is 38.5 Å². The Labute approximate surface area is 105 Å². The summed E-state index contributed by atoms with van der Waals surface area (Å²) in [5.74, 6) is 1.29. The molecule has 0 N–H and O–H groups in total. The molecule has 1 aliphatic heterocycles. The smallest absolute Gasteiger partial charge is 0.169 e. The highest BCUT2D eigenvalue weighted by molar-refractivity contribution is 4.91. The van der Waals surface area contributed by atoms with Crippen LogP contribution in [0.1, 0.15) is 65.2 Å². The van der Waals surface area contributed by atoms with Gasteiger partial charge in [0.15, 0.2) is 5.79 Å². The summed E-state index contributed by atoms with van der Waals surface area (Å²) in [6, 6.07) is 0. The van der Waals surface area contributed by atoms with Crippen molar-refractivity contribution < 1.29 is 9.47 Å². The summed E-state index contributed by atoms with van der Waals surface area (Å²) in [5, 5.41) is 0. The molecular weight excluding hydrogens is 212 g/mol. The molecule has 0 aromatic carbocycles. The first-order valence-electron chi connectivity index (χ1n) is 7.54. The zero-order valence-electron chi connectivity index (χ0n) is 11.3.